The number of aliphatic hydroxyl groups excluding tert-OH is 1. The molecule has 0 unspecified atom stereocenters. The fourth-order valence-corrected chi connectivity index (χ4v) is 2.32. The maximum absolute atomic E-state index is 10.5. The maximum Gasteiger partial charge on any atom is 0.211 e. The van der Waals surface area contributed by atoms with Crippen LogP contribution in [0.15, 0.2) is 42.5 Å². The molecule has 0 fully saturated rings. The van der Waals surface area contributed by atoms with Crippen molar-refractivity contribution in [2.24, 2.45) is 0 Å². The Bertz CT molecular complexity index is 659. The van der Waals surface area contributed by atoms with Crippen LogP contribution in [0.3, 0.4) is 0 Å². The van der Waals surface area contributed by atoms with Gasteiger partial charge in [0.15, 0.2) is 0 Å². The molecule has 2 aromatic carbocycles. The van der Waals surface area contributed by atoms with Crippen molar-refractivity contribution in [3.8, 4) is 11.5 Å². The monoisotopic (exact) mass is 330 g/mol. The lowest BCUT2D eigenvalue weighted by atomic mass is 10.1. The minimum Gasteiger partial charge on any atom is -0.506 e. The lowest BCUT2D eigenvalue weighted by Crippen LogP contribution is -2.23. The van der Waals surface area contributed by atoms with Gasteiger partial charge < -0.3 is 25.6 Å². The molecule has 0 bridgehead atoms. The van der Waals surface area contributed by atoms with Crippen LogP contribution in [0, 0.1) is 0 Å². The Kier molecular flexibility index (Phi) is 6.60. The van der Waals surface area contributed by atoms with Crippen LogP contribution in [0.4, 0.5) is 5.69 Å². The number of aromatic hydroxyl groups is 1. The van der Waals surface area contributed by atoms with Crippen molar-refractivity contribution in [1.29, 1.82) is 0 Å². The molecular formula is C18H22N2O4. The van der Waals surface area contributed by atoms with Crippen LogP contribution in [-0.4, -0.2) is 36.8 Å². The van der Waals surface area contributed by atoms with Crippen molar-refractivity contribution in [2.45, 2.75) is 12.5 Å². The van der Waals surface area contributed by atoms with Crippen molar-refractivity contribution in [2.75, 3.05) is 25.5 Å². The van der Waals surface area contributed by atoms with Crippen molar-refractivity contribution in [3.05, 3.63) is 53.6 Å². The average Bonchev–Trinajstić information content (AvgIpc) is 2.61. The van der Waals surface area contributed by atoms with Gasteiger partial charge in [0, 0.05) is 6.54 Å². The number of phenolic OH excluding ortho intramolecular Hbond substituents is 1. The third-order valence-corrected chi connectivity index (χ3v) is 3.71. The third kappa shape index (κ3) is 4.97. The largest absolute Gasteiger partial charge is 0.506 e. The van der Waals surface area contributed by atoms with Gasteiger partial charge in [-0.1, -0.05) is 18.2 Å². The first kappa shape index (κ1) is 17.8. The first-order valence-electron chi connectivity index (χ1n) is 7.69. The van der Waals surface area contributed by atoms with E-state index in [1.54, 1.807) is 19.2 Å². The minimum atomic E-state index is -0.728. The highest BCUT2D eigenvalue weighted by molar-refractivity contribution is 5.75. The second kappa shape index (κ2) is 8.90. The number of hydrogen-bond acceptors (Lipinski definition) is 5. The predicted octanol–water partition coefficient (Wildman–Crippen LogP) is 1.83. The van der Waals surface area contributed by atoms with Gasteiger partial charge in [-0.25, -0.2) is 0 Å². The van der Waals surface area contributed by atoms with E-state index in [2.05, 4.69) is 10.6 Å². The number of carbonyl (C=O) groups is 1. The number of phenols is 1. The van der Waals surface area contributed by atoms with Gasteiger partial charge in [0.2, 0.25) is 6.41 Å². The van der Waals surface area contributed by atoms with Gasteiger partial charge >= 0.3 is 0 Å². The number of nitrogens with one attached hydrogen (secondary N) is 2. The molecule has 6 nitrogen and oxygen atoms in total. The molecule has 2 rings (SSSR count). The Morgan fingerprint density at radius 2 is 1.96 bits per heavy atom. The zero-order valence-electron chi connectivity index (χ0n) is 13.5. The van der Waals surface area contributed by atoms with Gasteiger partial charge in [-0.05, 0) is 48.4 Å². The average molecular weight is 330 g/mol. The molecule has 0 aliphatic heterocycles. The van der Waals surface area contributed by atoms with Crippen molar-refractivity contribution < 1.29 is 19.7 Å². The Hall–Kier alpha value is -2.57. The molecule has 0 heterocycles. The van der Waals surface area contributed by atoms with E-state index in [9.17, 15) is 15.0 Å². The number of anilines is 1. The van der Waals surface area contributed by atoms with Crippen LogP contribution < -0.4 is 15.4 Å². The van der Waals surface area contributed by atoms with Gasteiger partial charge in [0.25, 0.3) is 0 Å². The Morgan fingerprint density at radius 3 is 2.62 bits per heavy atom. The molecule has 0 radical (unpaired) electrons. The van der Waals surface area contributed by atoms with Crippen molar-refractivity contribution >= 4 is 12.1 Å². The zero-order chi connectivity index (χ0) is 17.4. The van der Waals surface area contributed by atoms with E-state index < -0.39 is 6.10 Å². The van der Waals surface area contributed by atoms with E-state index in [-0.39, 0.29) is 11.4 Å². The van der Waals surface area contributed by atoms with Crippen LogP contribution in [-0.2, 0) is 11.2 Å². The lowest BCUT2D eigenvalue weighted by molar-refractivity contribution is -0.105. The lowest BCUT2D eigenvalue weighted by Gasteiger charge is -2.14. The minimum absolute atomic E-state index is 0.0366. The quantitative estimate of drug-likeness (QED) is 0.320. The summed E-state index contributed by atoms with van der Waals surface area (Å²) in [5.41, 5.74) is 2.08. The third-order valence-electron chi connectivity index (χ3n) is 3.71. The van der Waals surface area contributed by atoms with Crippen LogP contribution in [0.25, 0.3) is 0 Å². The maximum atomic E-state index is 10.5. The van der Waals surface area contributed by atoms with E-state index in [4.69, 9.17) is 4.74 Å². The smallest absolute Gasteiger partial charge is 0.211 e. The molecule has 1 atom stereocenters. The molecule has 0 spiro atoms. The summed E-state index contributed by atoms with van der Waals surface area (Å²) in [6.07, 6.45) is 0.594. The molecule has 128 valence electrons. The number of hydrogen-bond donors (Lipinski definition) is 4. The molecule has 24 heavy (non-hydrogen) atoms. The van der Waals surface area contributed by atoms with Crippen LogP contribution in [0.1, 0.15) is 17.2 Å². The summed E-state index contributed by atoms with van der Waals surface area (Å²) in [6.45, 7) is 1.10. The van der Waals surface area contributed by atoms with E-state index in [0.29, 0.717) is 18.5 Å². The number of benzene rings is 2. The molecule has 0 aliphatic rings. The van der Waals surface area contributed by atoms with E-state index in [1.807, 2.05) is 24.3 Å². The number of amides is 1. The Morgan fingerprint density at radius 1 is 1.21 bits per heavy atom. The molecule has 0 aliphatic carbocycles. The standard InChI is InChI=1S/C18H22N2O4/c1-24-15-5-2-13(3-6-15)8-9-19-11-18(23)14-4-7-17(22)16(10-14)20-12-21/h2-7,10,12,18-19,22-23H,8-9,11H2,1H3,(H,20,21)/t18-/m1/s1. The summed E-state index contributed by atoms with van der Waals surface area (Å²) >= 11 is 0. The van der Waals surface area contributed by atoms with Crippen molar-refractivity contribution in [1.82, 2.24) is 5.32 Å². The molecule has 4 N–H and O–H groups in total. The van der Waals surface area contributed by atoms with Gasteiger partial charge in [0.05, 0.1) is 18.9 Å². The summed E-state index contributed by atoms with van der Waals surface area (Å²) in [5, 5.41) is 25.4. The summed E-state index contributed by atoms with van der Waals surface area (Å²) in [7, 11) is 1.64. The summed E-state index contributed by atoms with van der Waals surface area (Å²) in [5.74, 6) is 0.791. The fourth-order valence-electron chi connectivity index (χ4n) is 2.32. The van der Waals surface area contributed by atoms with Gasteiger partial charge in [-0.15, -0.1) is 0 Å². The topological polar surface area (TPSA) is 90.8 Å². The normalized spacial score (nSPS) is 11.8. The van der Waals surface area contributed by atoms with E-state index in [1.165, 1.54) is 11.6 Å². The van der Waals surface area contributed by atoms with Gasteiger partial charge in [-0.2, -0.15) is 0 Å². The highest BCUT2D eigenvalue weighted by Gasteiger charge is 2.10. The van der Waals surface area contributed by atoms with Crippen molar-refractivity contribution in [3.63, 3.8) is 0 Å². The first-order valence-corrected chi connectivity index (χ1v) is 7.69. The SMILES string of the molecule is COc1ccc(CCNC[C@@H](O)c2ccc(O)c(NC=O)c2)cc1. The predicted molar refractivity (Wildman–Crippen MR) is 92.3 cm³/mol. The summed E-state index contributed by atoms with van der Waals surface area (Å²) in [4.78, 5) is 10.5. The highest BCUT2D eigenvalue weighted by Crippen LogP contribution is 2.26. The Labute approximate surface area is 141 Å². The van der Waals surface area contributed by atoms with E-state index >= 15 is 0 Å². The number of rotatable bonds is 9. The highest BCUT2D eigenvalue weighted by atomic mass is 16.5. The molecule has 0 saturated carbocycles. The summed E-state index contributed by atoms with van der Waals surface area (Å²) < 4.78 is 5.12. The van der Waals surface area contributed by atoms with E-state index in [0.717, 1.165) is 18.7 Å². The molecule has 2 aromatic rings. The number of ether oxygens (including phenoxy) is 1. The molecule has 6 heteroatoms. The van der Waals surface area contributed by atoms with Crippen LogP contribution >= 0.6 is 0 Å². The zero-order valence-corrected chi connectivity index (χ0v) is 13.5. The van der Waals surface area contributed by atoms with Crippen LogP contribution in [0.2, 0.25) is 0 Å². The number of carbonyl (C=O) groups excluding carboxylic acids is 1. The number of aliphatic hydroxyl groups is 1. The molecule has 0 saturated heterocycles. The first-order chi connectivity index (χ1) is 11.6. The summed E-state index contributed by atoms with van der Waals surface area (Å²) in [6, 6.07) is 12.5. The second-order valence-electron chi connectivity index (χ2n) is 5.36. The fraction of sp³-hybridized carbons (Fsp3) is 0.278. The second-order valence-corrected chi connectivity index (χ2v) is 5.36. The van der Waals surface area contributed by atoms with Gasteiger partial charge in [0.1, 0.15) is 11.5 Å². The Balaban J connectivity index is 1.81. The van der Waals surface area contributed by atoms with Gasteiger partial charge in [-0.3, -0.25) is 4.79 Å². The number of methoxy groups -OCH3 is 1. The molecule has 1 amide bonds. The van der Waals surface area contributed by atoms with Crippen LogP contribution in [0.5, 0.6) is 11.5 Å². The molecular weight excluding hydrogens is 308 g/mol. The molecule has 0 aromatic heterocycles.